The van der Waals surface area contributed by atoms with E-state index in [4.69, 9.17) is 0 Å². The number of aromatic nitrogens is 3. The van der Waals surface area contributed by atoms with Gasteiger partial charge in [-0.05, 0) is 18.2 Å². The Morgan fingerprint density at radius 1 is 1.29 bits per heavy atom. The van der Waals surface area contributed by atoms with Crippen LogP contribution in [0.2, 0.25) is 0 Å². The molecule has 1 fully saturated rings. The first-order chi connectivity index (χ1) is 11.6. The average Bonchev–Trinajstić information content (AvgIpc) is 3.04. The number of pyridine rings is 1. The van der Waals surface area contributed by atoms with Gasteiger partial charge in [-0.1, -0.05) is 18.2 Å². The van der Waals surface area contributed by atoms with Gasteiger partial charge < -0.3 is 5.32 Å². The van der Waals surface area contributed by atoms with E-state index in [2.05, 4.69) is 15.4 Å². The number of fused-ring (bicyclic) bond motifs is 1. The summed E-state index contributed by atoms with van der Waals surface area (Å²) in [6.07, 6.45) is 3.05. The van der Waals surface area contributed by atoms with Gasteiger partial charge in [0.15, 0.2) is 0 Å². The Kier molecular flexibility index (Phi) is 3.30. The first-order valence-corrected chi connectivity index (χ1v) is 7.60. The highest BCUT2D eigenvalue weighted by Gasteiger charge is 2.56. The first kappa shape index (κ1) is 14.7. The molecular weight excluding hydrogens is 314 g/mol. The third kappa shape index (κ3) is 2.51. The number of nitrogens with one attached hydrogen (secondary N) is 1. The first-order valence-electron chi connectivity index (χ1n) is 7.60. The van der Waals surface area contributed by atoms with E-state index in [1.807, 2.05) is 12.1 Å². The molecule has 1 aromatic carbocycles. The Balaban J connectivity index is 1.71. The van der Waals surface area contributed by atoms with E-state index in [0.29, 0.717) is 22.3 Å². The molecule has 1 aliphatic rings. The molecule has 1 atom stereocenters. The molecule has 0 aliphatic heterocycles. The number of benzene rings is 1. The molecule has 1 saturated carbocycles. The van der Waals surface area contributed by atoms with E-state index in [1.54, 1.807) is 36.7 Å². The molecule has 0 saturated heterocycles. The number of amides is 1. The second kappa shape index (κ2) is 5.36. The van der Waals surface area contributed by atoms with E-state index < -0.39 is 17.7 Å². The Morgan fingerprint density at radius 2 is 2.08 bits per heavy atom. The highest BCUT2D eigenvalue weighted by atomic mass is 19.3. The van der Waals surface area contributed by atoms with Crippen LogP contribution in [0.3, 0.4) is 0 Å². The van der Waals surface area contributed by atoms with Gasteiger partial charge >= 0.3 is 0 Å². The Labute approximate surface area is 136 Å². The van der Waals surface area contributed by atoms with Crippen molar-refractivity contribution in [3.63, 3.8) is 0 Å². The lowest BCUT2D eigenvalue weighted by atomic mass is 10.2. The molecule has 1 N–H and O–H groups in total. The summed E-state index contributed by atoms with van der Waals surface area (Å²) in [5, 5.41) is 7.72. The number of halogens is 2. The lowest BCUT2D eigenvalue weighted by Crippen LogP contribution is -2.29. The Bertz CT molecular complexity index is 907. The maximum absolute atomic E-state index is 13.0. The molecule has 1 unspecified atom stereocenters. The fourth-order valence-electron chi connectivity index (χ4n) is 2.71. The molecule has 1 aliphatic carbocycles. The minimum absolute atomic E-state index is 0.0433. The molecule has 5 nitrogen and oxygen atoms in total. The van der Waals surface area contributed by atoms with Crippen LogP contribution >= 0.6 is 0 Å². The summed E-state index contributed by atoms with van der Waals surface area (Å²) in [5.41, 5.74) is 1.61. The number of rotatable bonds is 4. The van der Waals surface area contributed by atoms with Gasteiger partial charge in [-0.2, -0.15) is 5.10 Å². The molecular formula is C17H14F2N4O. The van der Waals surface area contributed by atoms with Crippen LogP contribution in [0.5, 0.6) is 0 Å². The molecule has 24 heavy (non-hydrogen) atoms. The molecule has 0 radical (unpaired) electrons. The molecule has 2 heterocycles. The van der Waals surface area contributed by atoms with Gasteiger partial charge in [0.2, 0.25) is 0 Å². The van der Waals surface area contributed by atoms with Crippen molar-refractivity contribution in [3.05, 3.63) is 54.5 Å². The minimum Gasteiger partial charge on any atom is -0.350 e. The molecule has 3 aromatic rings. The highest BCUT2D eigenvalue weighted by Crippen LogP contribution is 2.48. The summed E-state index contributed by atoms with van der Waals surface area (Å²) in [6, 6.07) is 10.8. The van der Waals surface area contributed by atoms with Crippen LogP contribution < -0.4 is 5.32 Å². The topological polar surface area (TPSA) is 59.8 Å². The predicted molar refractivity (Wildman–Crippen MR) is 84.3 cm³/mol. The van der Waals surface area contributed by atoms with Crippen LogP contribution in [-0.2, 0) is 0 Å². The minimum atomic E-state index is -2.65. The average molecular weight is 328 g/mol. The normalized spacial score (nSPS) is 18.5. The lowest BCUT2D eigenvalue weighted by molar-refractivity contribution is 0.0891. The van der Waals surface area contributed by atoms with Gasteiger partial charge in [0, 0.05) is 30.5 Å². The number of carbonyl (C=O) groups excluding carboxylic acids is 1. The highest BCUT2D eigenvalue weighted by molar-refractivity contribution is 6.05. The molecule has 2 aromatic heterocycles. The summed E-state index contributed by atoms with van der Waals surface area (Å²) in [6.45, 7) is -0.0433. The molecule has 4 rings (SSSR count). The van der Waals surface area contributed by atoms with Crippen LogP contribution in [0.4, 0.5) is 8.78 Å². The van der Waals surface area contributed by atoms with Crippen LogP contribution in [0, 0.1) is 5.92 Å². The zero-order chi connectivity index (χ0) is 16.7. The van der Waals surface area contributed by atoms with Crippen molar-refractivity contribution >= 4 is 16.8 Å². The Hall–Kier alpha value is -2.83. The second-order valence-electron chi connectivity index (χ2n) is 5.86. The van der Waals surface area contributed by atoms with Crippen molar-refractivity contribution in [2.75, 3.05) is 6.54 Å². The standard InChI is InChI=1S/C17H14F2N4O/c18-17(19)8-11(17)9-21-16(24)15-13-5-1-2-6-14(13)22-23(15)12-4-3-7-20-10-12/h1-7,10-11H,8-9H2,(H,21,24). The summed E-state index contributed by atoms with van der Waals surface area (Å²) in [5.74, 6) is -3.85. The number of carbonyl (C=O) groups is 1. The van der Waals surface area contributed by atoms with Crippen molar-refractivity contribution in [3.8, 4) is 5.69 Å². The van der Waals surface area contributed by atoms with Crippen molar-refractivity contribution in [2.45, 2.75) is 12.3 Å². The number of alkyl halides is 2. The largest absolute Gasteiger partial charge is 0.350 e. The summed E-state index contributed by atoms with van der Waals surface area (Å²) in [4.78, 5) is 16.7. The lowest BCUT2D eigenvalue weighted by Gasteiger charge is -2.08. The van der Waals surface area contributed by atoms with Gasteiger partial charge in [-0.25, -0.2) is 13.5 Å². The SMILES string of the molecule is O=C(NCC1CC1(F)F)c1c2ccccc2nn1-c1cccnc1. The van der Waals surface area contributed by atoms with Crippen molar-refractivity contribution in [2.24, 2.45) is 5.92 Å². The van der Waals surface area contributed by atoms with E-state index >= 15 is 0 Å². The molecule has 0 spiro atoms. The maximum Gasteiger partial charge on any atom is 0.270 e. The number of hydrogen-bond acceptors (Lipinski definition) is 3. The van der Waals surface area contributed by atoms with E-state index in [1.165, 1.54) is 4.68 Å². The van der Waals surface area contributed by atoms with Gasteiger partial charge in [0.25, 0.3) is 11.8 Å². The van der Waals surface area contributed by atoms with Gasteiger partial charge in [0.05, 0.1) is 17.4 Å². The fourth-order valence-corrected chi connectivity index (χ4v) is 2.71. The van der Waals surface area contributed by atoms with Crippen molar-refractivity contribution < 1.29 is 13.6 Å². The second-order valence-corrected chi connectivity index (χ2v) is 5.86. The molecule has 1 amide bonds. The van der Waals surface area contributed by atoms with Gasteiger partial charge in [-0.15, -0.1) is 0 Å². The van der Waals surface area contributed by atoms with Crippen LogP contribution in [0.25, 0.3) is 16.6 Å². The summed E-state index contributed by atoms with van der Waals surface area (Å²) in [7, 11) is 0. The van der Waals surface area contributed by atoms with E-state index in [0.717, 1.165) is 0 Å². The van der Waals surface area contributed by atoms with Crippen LogP contribution in [-0.4, -0.2) is 33.1 Å². The third-order valence-electron chi connectivity index (χ3n) is 4.15. The molecule has 7 heteroatoms. The summed E-state index contributed by atoms with van der Waals surface area (Å²) < 4.78 is 27.5. The van der Waals surface area contributed by atoms with E-state index in [9.17, 15) is 13.6 Å². The number of nitrogens with zero attached hydrogens (tertiary/aromatic N) is 3. The van der Waals surface area contributed by atoms with Gasteiger partial charge in [-0.3, -0.25) is 9.78 Å². The van der Waals surface area contributed by atoms with E-state index in [-0.39, 0.29) is 13.0 Å². The smallest absolute Gasteiger partial charge is 0.270 e. The molecule has 122 valence electrons. The van der Waals surface area contributed by atoms with Crippen LogP contribution in [0.15, 0.2) is 48.8 Å². The number of hydrogen-bond donors (Lipinski definition) is 1. The van der Waals surface area contributed by atoms with Gasteiger partial charge in [0.1, 0.15) is 5.69 Å². The monoisotopic (exact) mass is 328 g/mol. The predicted octanol–water partition coefficient (Wildman–Crippen LogP) is 2.81. The quantitative estimate of drug-likeness (QED) is 0.801. The molecule has 0 bridgehead atoms. The maximum atomic E-state index is 13.0. The third-order valence-corrected chi connectivity index (χ3v) is 4.15. The van der Waals surface area contributed by atoms with Crippen LogP contribution in [0.1, 0.15) is 16.9 Å². The Morgan fingerprint density at radius 3 is 2.79 bits per heavy atom. The zero-order valence-electron chi connectivity index (χ0n) is 12.6. The van der Waals surface area contributed by atoms with Crippen molar-refractivity contribution in [1.29, 1.82) is 0 Å². The summed E-state index contributed by atoms with van der Waals surface area (Å²) >= 11 is 0. The zero-order valence-corrected chi connectivity index (χ0v) is 12.6. The van der Waals surface area contributed by atoms with Crippen molar-refractivity contribution in [1.82, 2.24) is 20.1 Å². The fraction of sp³-hybridized carbons (Fsp3) is 0.235.